The maximum Gasteiger partial charge on any atom is 0.271 e. The van der Waals surface area contributed by atoms with Crippen LogP contribution >= 0.6 is 0 Å². The normalized spacial score (nSPS) is 15.8. The second-order valence-corrected chi connectivity index (χ2v) is 8.59. The van der Waals surface area contributed by atoms with Crippen LogP contribution < -0.4 is 10.9 Å². The number of hydrogen-bond acceptors (Lipinski definition) is 4. The molecule has 1 fully saturated rings. The molecule has 1 aromatic heterocycles. The Kier molecular flexibility index (Phi) is 6.25. The molecular weight excluding hydrogens is 385 g/mol. The van der Waals surface area contributed by atoms with Crippen molar-refractivity contribution in [2.45, 2.75) is 37.1 Å². The molecule has 150 valence electrons. The minimum Gasteiger partial charge on any atom is -0.325 e. The van der Waals surface area contributed by atoms with E-state index in [0.29, 0.717) is 18.8 Å². The molecule has 1 saturated heterocycles. The predicted molar refractivity (Wildman–Crippen MR) is 103 cm³/mol. The molecule has 0 spiro atoms. The van der Waals surface area contributed by atoms with Gasteiger partial charge in [-0.15, -0.1) is 0 Å². The third-order valence-corrected chi connectivity index (χ3v) is 6.52. The number of aromatic nitrogens is 1. The molecular formula is C19H22FN3O4S. The van der Waals surface area contributed by atoms with Crippen LogP contribution in [0, 0.1) is 5.82 Å². The maximum absolute atomic E-state index is 12.9. The van der Waals surface area contributed by atoms with E-state index >= 15 is 0 Å². The van der Waals surface area contributed by atoms with Gasteiger partial charge in [-0.1, -0.05) is 12.8 Å². The Morgan fingerprint density at radius 2 is 1.68 bits per heavy atom. The lowest BCUT2D eigenvalue weighted by Gasteiger charge is -2.20. The summed E-state index contributed by atoms with van der Waals surface area (Å²) >= 11 is 0. The van der Waals surface area contributed by atoms with Gasteiger partial charge >= 0.3 is 0 Å². The van der Waals surface area contributed by atoms with Crippen molar-refractivity contribution in [2.75, 3.05) is 18.4 Å². The van der Waals surface area contributed by atoms with E-state index in [0.717, 1.165) is 30.3 Å². The van der Waals surface area contributed by atoms with Crippen LogP contribution in [0.2, 0.25) is 0 Å². The SMILES string of the molecule is O=C(Cn1cccc(S(=O)(=O)N2CCCCCC2)c1=O)Nc1ccc(F)cc1. The first-order valence-electron chi connectivity index (χ1n) is 9.13. The van der Waals surface area contributed by atoms with Gasteiger partial charge < -0.3 is 9.88 Å². The highest BCUT2D eigenvalue weighted by Gasteiger charge is 2.28. The third-order valence-electron chi connectivity index (χ3n) is 4.61. The molecule has 9 heteroatoms. The Balaban J connectivity index is 1.79. The smallest absolute Gasteiger partial charge is 0.271 e. The lowest BCUT2D eigenvalue weighted by atomic mass is 10.2. The first-order chi connectivity index (χ1) is 13.4. The van der Waals surface area contributed by atoms with Crippen LogP contribution in [0.25, 0.3) is 0 Å². The number of benzene rings is 1. The van der Waals surface area contributed by atoms with Gasteiger partial charge in [0.15, 0.2) is 0 Å². The summed E-state index contributed by atoms with van der Waals surface area (Å²) in [6.45, 7) is 0.434. The van der Waals surface area contributed by atoms with Crippen LogP contribution in [0.1, 0.15) is 25.7 Å². The number of carbonyl (C=O) groups is 1. The van der Waals surface area contributed by atoms with Gasteiger partial charge in [0.1, 0.15) is 17.3 Å². The van der Waals surface area contributed by atoms with E-state index in [4.69, 9.17) is 0 Å². The summed E-state index contributed by atoms with van der Waals surface area (Å²) in [6.07, 6.45) is 4.83. The number of pyridine rings is 1. The fourth-order valence-corrected chi connectivity index (χ4v) is 4.75. The molecule has 1 aliphatic rings. The molecule has 0 aliphatic carbocycles. The van der Waals surface area contributed by atoms with E-state index < -0.39 is 27.3 Å². The first-order valence-corrected chi connectivity index (χ1v) is 10.6. The topological polar surface area (TPSA) is 88.5 Å². The van der Waals surface area contributed by atoms with Crippen LogP contribution in [0.3, 0.4) is 0 Å². The van der Waals surface area contributed by atoms with Crippen molar-refractivity contribution in [3.05, 3.63) is 58.8 Å². The van der Waals surface area contributed by atoms with Crippen LogP contribution in [-0.4, -0.2) is 36.3 Å². The number of hydrogen-bond donors (Lipinski definition) is 1. The van der Waals surface area contributed by atoms with Crippen LogP contribution in [0.4, 0.5) is 10.1 Å². The number of carbonyl (C=O) groups excluding carboxylic acids is 1. The van der Waals surface area contributed by atoms with Crippen LogP contribution in [-0.2, 0) is 21.4 Å². The molecule has 2 aromatic rings. The highest BCUT2D eigenvalue weighted by atomic mass is 32.2. The molecule has 0 unspecified atom stereocenters. The number of amides is 1. The fraction of sp³-hybridized carbons (Fsp3) is 0.368. The van der Waals surface area contributed by atoms with E-state index in [2.05, 4.69) is 5.32 Å². The average molecular weight is 407 g/mol. The van der Waals surface area contributed by atoms with Gasteiger partial charge in [0, 0.05) is 25.0 Å². The highest BCUT2D eigenvalue weighted by molar-refractivity contribution is 7.89. The molecule has 3 rings (SSSR count). The van der Waals surface area contributed by atoms with Gasteiger partial charge in [0.25, 0.3) is 5.56 Å². The van der Waals surface area contributed by atoms with Crippen LogP contribution in [0.15, 0.2) is 52.3 Å². The van der Waals surface area contributed by atoms with Crippen molar-refractivity contribution < 1.29 is 17.6 Å². The minimum absolute atomic E-state index is 0.327. The monoisotopic (exact) mass is 407 g/mol. The van der Waals surface area contributed by atoms with Gasteiger partial charge in [-0.05, 0) is 49.2 Å². The summed E-state index contributed by atoms with van der Waals surface area (Å²) in [7, 11) is -3.91. The second kappa shape index (κ2) is 8.66. The lowest BCUT2D eigenvalue weighted by molar-refractivity contribution is -0.116. The zero-order valence-electron chi connectivity index (χ0n) is 15.3. The van der Waals surface area contributed by atoms with E-state index in [-0.39, 0.29) is 11.4 Å². The number of rotatable bonds is 5. The first kappa shape index (κ1) is 20.2. The van der Waals surface area contributed by atoms with Gasteiger partial charge in [-0.2, -0.15) is 4.31 Å². The average Bonchev–Trinajstić information content (AvgIpc) is 2.95. The number of halogens is 1. The summed E-state index contributed by atoms with van der Waals surface area (Å²) in [5.41, 5.74) is -0.353. The zero-order chi connectivity index (χ0) is 20.1. The molecule has 0 radical (unpaired) electrons. The standard InChI is InChI=1S/C19H22FN3O4S/c20-15-7-9-16(10-8-15)21-18(24)14-22-11-5-6-17(19(22)25)28(26,27)23-12-3-1-2-4-13-23/h5-11H,1-4,12-14H2,(H,21,24). The van der Waals surface area contributed by atoms with Crippen molar-refractivity contribution in [1.29, 1.82) is 0 Å². The number of anilines is 1. The molecule has 0 bridgehead atoms. The van der Waals surface area contributed by atoms with Crippen LogP contribution in [0.5, 0.6) is 0 Å². The molecule has 1 aromatic carbocycles. The van der Waals surface area contributed by atoms with E-state index in [9.17, 15) is 22.4 Å². The lowest BCUT2D eigenvalue weighted by Crippen LogP contribution is -2.37. The van der Waals surface area contributed by atoms with Gasteiger partial charge in [0.2, 0.25) is 15.9 Å². The quantitative estimate of drug-likeness (QED) is 0.823. The Hall–Kier alpha value is -2.52. The number of sulfonamides is 1. The van der Waals surface area contributed by atoms with Gasteiger partial charge in [-0.3, -0.25) is 9.59 Å². The molecule has 0 atom stereocenters. The molecule has 28 heavy (non-hydrogen) atoms. The summed E-state index contributed by atoms with van der Waals surface area (Å²) in [4.78, 5) is 24.6. The van der Waals surface area contributed by atoms with Crippen molar-refractivity contribution in [1.82, 2.24) is 8.87 Å². The van der Waals surface area contributed by atoms with Crippen molar-refractivity contribution in [2.24, 2.45) is 0 Å². The van der Waals surface area contributed by atoms with E-state index in [1.807, 2.05) is 0 Å². The molecule has 2 heterocycles. The molecule has 1 aliphatic heterocycles. The molecule has 1 amide bonds. The van der Waals surface area contributed by atoms with E-state index in [1.54, 1.807) is 0 Å². The number of nitrogens with one attached hydrogen (secondary N) is 1. The Bertz CT molecular complexity index is 995. The Morgan fingerprint density at radius 1 is 1.04 bits per heavy atom. The predicted octanol–water partition coefficient (Wildman–Crippen LogP) is 2.19. The van der Waals surface area contributed by atoms with Gasteiger partial charge in [-0.25, -0.2) is 12.8 Å². The second-order valence-electron chi connectivity index (χ2n) is 6.68. The minimum atomic E-state index is -3.91. The molecule has 7 nitrogen and oxygen atoms in total. The zero-order valence-corrected chi connectivity index (χ0v) is 16.1. The van der Waals surface area contributed by atoms with Crippen molar-refractivity contribution >= 4 is 21.6 Å². The third kappa shape index (κ3) is 4.66. The van der Waals surface area contributed by atoms with Crippen molar-refractivity contribution in [3.63, 3.8) is 0 Å². The van der Waals surface area contributed by atoms with Crippen molar-refractivity contribution in [3.8, 4) is 0 Å². The fourth-order valence-electron chi connectivity index (χ4n) is 3.15. The Labute approximate surface area is 162 Å². The van der Waals surface area contributed by atoms with Gasteiger partial charge in [0.05, 0.1) is 0 Å². The summed E-state index contributed by atoms with van der Waals surface area (Å²) in [5.74, 6) is -0.946. The van der Waals surface area contributed by atoms with E-state index in [1.165, 1.54) is 46.9 Å². The Morgan fingerprint density at radius 3 is 2.32 bits per heavy atom. The summed E-state index contributed by atoms with van der Waals surface area (Å²) in [6, 6.07) is 7.92. The summed E-state index contributed by atoms with van der Waals surface area (Å²) < 4.78 is 41.1. The number of nitrogens with zero attached hydrogens (tertiary/aromatic N) is 2. The molecule has 0 saturated carbocycles. The largest absolute Gasteiger partial charge is 0.325 e. The summed E-state index contributed by atoms with van der Waals surface area (Å²) in [5, 5.41) is 2.55. The highest BCUT2D eigenvalue weighted by Crippen LogP contribution is 2.18. The maximum atomic E-state index is 12.9. The molecule has 1 N–H and O–H groups in total.